The lowest BCUT2D eigenvalue weighted by Gasteiger charge is -2.35. The van der Waals surface area contributed by atoms with Crippen molar-refractivity contribution in [1.29, 1.82) is 0 Å². The molecule has 0 amide bonds. The Morgan fingerprint density at radius 3 is 1.95 bits per heavy atom. The minimum Gasteiger partial charge on any atom is -0.357 e. The Morgan fingerprint density at radius 1 is 0.750 bits per heavy atom. The van der Waals surface area contributed by atoms with Crippen LogP contribution in [0.2, 0.25) is 0 Å². The number of benzene rings is 1. The van der Waals surface area contributed by atoms with Crippen molar-refractivity contribution in [3.8, 4) is 0 Å². The summed E-state index contributed by atoms with van der Waals surface area (Å²) in [6, 6.07) is 0.850. The fourth-order valence-electron chi connectivity index (χ4n) is 7.68. The molecule has 250 valence electrons. The summed E-state index contributed by atoms with van der Waals surface area (Å²) in [5.74, 6) is 1.50. The molecular formula is C42H72N2. The molecule has 2 aliphatic carbocycles. The van der Waals surface area contributed by atoms with Crippen LogP contribution in [0.5, 0.6) is 0 Å². The van der Waals surface area contributed by atoms with E-state index in [0.717, 1.165) is 18.6 Å². The van der Waals surface area contributed by atoms with Crippen LogP contribution in [0.4, 0.5) is 5.69 Å². The predicted octanol–water partition coefficient (Wildman–Crippen LogP) is 12.6. The first-order chi connectivity index (χ1) is 21.2. The molecule has 2 atom stereocenters. The van der Waals surface area contributed by atoms with Crippen molar-refractivity contribution in [2.45, 2.75) is 172 Å². The van der Waals surface area contributed by atoms with Gasteiger partial charge in [0, 0.05) is 24.8 Å². The Hall–Kier alpha value is -1.80. The minimum atomic E-state index is 0.662. The molecule has 44 heavy (non-hydrogen) atoms. The second-order valence-corrected chi connectivity index (χ2v) is 14.0. The molecule has 0 bridgehead atoms. The van der Waals surface area contributed by atoms with Crippen LogP contribution in [0.3, 0.4) is 0 Å². The highest BCUT2D eigenvalue weighted by Gasteiger charge is 2.34. The summed E-state index contributed by atoms with van der Waals surface area (Å²) in [7, 11) is 0. The Kier molecular flexibility index (Phi) is 17.1. The van der Waals surface area contributed by atoms with Crippen LogP contribution in [-0.2, 0) is 6.42 Å². The summed E-state index contributed by atoms with van der Waals surface area (Å²) in [5.41, 5.74) is 14.3. The molecule has 0 N–H and O–H groups in total. The summed E-state index contributed by atoms with van der Waals surface area (Å²) >= 11 is 0. The van der Waals surface area contributed by atoms with Gasteiger partial charge in [-0.25, -0.2) is 0 Å². The first-order valence-electron chi connectivity index (χ1n) is 18.7. The van der Waals surface area contributed by atoms with Gasteiger partial charge in [-0.3, -0.25) is 4.90 Å². The Bertz CT molecular complexity index is 1100. The van der Waals surface area contributed by atoms with E-state index >= 15 is 0 Å². The van der Waals surface area contributed by atoms with Crippen LogP contribution in [-0.4, -0.2) is 30.7 Å². The molecule has 4 rings (SSSR count). The molecule has 0 spiro atoms. The molecule has 1 aromatic rings. The van der Waals surface area contributed by atoms with Crippen LogP contribution in [0.15, 0.2) is 34.9 Å². The number of hydrogen-bond acceptors (Lipinski definition) is 2. The van der Waals surface area contributed by atoms with Gasteiger partial charge in [0.05, 0.1) is 6.67 Å². The smallest absolute Gasteiger partial charge is 0.0710 e. The van der Waals surface area contributed by atoms with E-state index in [4.69, 9.17) is 0 Å². The normalized spacial score (nSPS) is 21.0. The number of rotatable bonds is 11. The van der Waals surface area contributed by atoms with Crippen LogP contribution < -0.4 is 4.90 Å². The molecule has 0 radical (unpaired) electrons. The highest BCUT2D eigenvalue weighted by Crippen LogP contribution is 2.45. The van der Waals surface area contributed by atoms with Crippen LogP contribution >= 0.6 is 0 Å². The average molecular weight is 605 g/mol. The topological polar surface area (TPSA) is 6.48 Å². The second-order valence-electron chi connectivity index (χ2n) is 14.0. The zero-order valence-electron chi connectivity index (χ0n) is 31.5. The lowest BCUT2D eigenvalue weighted by Crippen LogP contribution is -2.39. The summed E-state index contributed by atoms with van der Waals surface area (Å²) in [6.45, 7) is 30.4. The minimum absolute atomic E-state index is 0.662. The SMILES string of the molecule is CC.CC.CC(C)=CCC/C(C)=C/CC/C(C)=C/CCC1CCc2c(c(C)c(C)c(C)c2N2CCN(C3CCC3)C2)C(C)C1. The van der Waals surface area contributed by atoms with Crippen molar-refractivity contribution in [3.63, 3.8) is 0 Å². The molecule has 1 heterocycles. The van der Waals surface area contributed by atoms with Crippen molar-refractivity contribution in [2.75, 3.05) is 24.7 Å². The van der Waals surface area contributed by atoms with E-state index in [1.165, 1.54) is 95.7 Å². The zero-order valence-corrected chi connectivity index (χ0v) is 31.5. The molecule has 1 aromatic carbocycles. The van der Waals surface area contributed by atoms with Crippen LogP contribution in [0.25, 0.3) is 0 Å². The molecule has 0 aromatic heterocycles. The summed E-state index contributed by atoms with van der Waals surface area (Å²) in [6.07, 6.45) is 23.0. The highest BCUT2D eigenvalue weighted by atomic mass is 15.4. The van der Waals surface area contributed by atoms with Crippen molar-refractivity contribution in [1.82, 2.24) is 4.90 Å². The standard InChI is InChI=1S/C38H60N2.2C2H6/c1-27(2)13-9-14-28(3)15-10-16-29(4)17-11-18-34-21-22-36-37(30(5)25-34)32(7)31(6)33(8)38(36)40-24-23-39(26-40)35-19-12-20-35;2*1-2/h13,15,17,30,34-35H,9-12,14,16,18-26H2,1-8H3;2*1-2H3/b28-15+,29-17+;;. The van der Waals surface area contributed by atoms with Crippen molar-refractivity contribution in [2.24, 2.45) is 5.92 Å². The quantitative estimate of drug-likeness (QED) is 0.183. The van der Waals surface area contributed by atoms with Gasteiger partial charge in [-0.05, 0) is 159 Å². The van der Waals surface area contributed by atoms with E-state index in [0.29, 0.717) is 5.92 Å². The lowest BCUT2D eigenvalue weighted by atomic mass is 9.83. The molecule has 3 aliphatic rings. The van der Waals surface area contributed by atoms with Gasteiger partial charge in [0.15, 0.2) is 0 Å². The molecule has 2 heteroatoms. The van der Waals surface area contributed by atoms with E-state index in [2.05, 4.69) is 83.4 Å². The van der Waals surface area contributed by atoms with Gasteiger partial charge in [0.1, 0.15) is 0 Å². The van der Waals surface area contributed by atoms with Crippen molar-refractivity contribution in [3.05, 3.63) is 62.8 Å². The molecule has 1 saturated carbocycles. The molecule has 2 fully saturated rings. The summed E-state index contributed by atoms with van der Waals surface area (Å²) in [4.78, 5) is 5.53. The molecule has 2 nitrogen and oxygen atoms in total. The first-order valence-corrected chi connectivity index (χ1v) is 18.7. The van der Waals surface area contributed by atoms with E-state index in [1.54, 1.807) is 44.7 Å². The van der Waals surface area contributed by atoms with Gasteiger partial charge in [-0.1, -0.05) is 76.0 Å². The molecule has 1 saturated heterocycles. The fraction of sp³-hybridized carbons (Fsp3) is 0.714. The van der Waals surface area contributed by atoms with Crippen LogP contribution in [0, 0.1) is 26.7 Å². The third-order valence-corrected chi connectivity index (χ3v) is 10.6. The number of hydrogen-bond donors (Lipinski definition) is 0. The Labute approximate surface area is 275 Å². The number of allylic oxidation sites excluding steroid dienone is 6. The van der Waals surface area contributed by atoms with Gasteiger partial charge in [0.2, 0.25) is 0 Å². The lowest BCUT2D eigenvalue weighted by molar-refractivity contribution is 0.160. The third-order valence-electron chi connectivity index (χ3n) is 10.6. The van der Waals surface area contributed by atoms with Crippen molar-refractivity contribution >= 4 is 5.69 Å². The summed E-state index contributed by atoms with van der Waals surface area (Å²) < 4.78 is 0. The molecule has 2 unspecified atom stereocenters. The molecule has 1 aliphatic heterocycles. The zero-order chi connectivity index (χ0) is 32.8. The van der Waals surface area contributed by atoms with E-state index in [-0.39, 0.29) is 0 Å². The van der Waals surface area contributed by atoms with Crippen molar-refractivity contribution < 1.29 is 0 Å². The maximum atomic E-state index is 2.77. The van der Waals surface area contributed by atoms with Gasteiger partial charge in [-0.2, -0.15) is 0 Å². The molecular weight excluding hydrogens is 532 g/mol. The van der Waals surface area contributed by atoms with Crippen LogP contribution in [0.1, 0.15) is 167 Å². The Morgan fingerprint density at radius 2 is 1.36 bits per heavy atom. The predicted molar refractivity (Wildman–Crippen MR) is 199 cm³/mol. The number of anilines is 1. The van der Waals surface area contributed by atoms with Gasteiger partial charge in [0.25, 0.3) is 0 Å². The van der Waals surface area contributed by atoms with E-state index in [1.807, 2.05) is 27.7 Å². The van der Waals surface area contributed by atoms with E-state index < -0.39 is 0 Å². The first kappa shape index (κ1) is 38.4. The van der Waals surface area contributed by atoms with Gasteiger partial charge < -0.3 is 4.90 Å². The van der Waals surface area contributed by atoms with Gasteiger partial charge >= 0.3 is 0 Å². The highest BCUT2D eigenvalue weighted by molar-refractivity contribution is 5.68. The number of nitrogens with zero attached hydrogens (tertiary/aromatic N) is 2. The monoisotopic (exact) mass is 605 g/mol. The third kappa shape index (κ3) is 10.6. The average Bonchev–Trinajstić information content (AvgIpc) is 3.37. The Balaban J connectivity index is 0.00000162. The maximum Gasteiger partial charge on any atom is 0.0710 e. The maximum absolute atomic E-state index is 2.77. The fourth-order valence-corrected chi connectivity index (χ4v) is 7.68. The summed E-state index contributed by atoms with van der Waals surface area (Å²) in [5, 5.41) is 0. The number of fused-ring (bicyclic) bond motifs is 1. The van der Waals surface area contributed by atoms with Gasteiger partial charge in [-0.15, -0.1) is 0 Å². The van der Waals surface area contributed by atoms with E-state index in [9.17, 15) is 0 Å². The largest absolute Gasteiger partial charge is 0.357 e. The second kappa shape index (κ2) is 19.7.